The van der Waals surface area contributed by atoms with Gasteiger partial charge in [-0.25, -0.2) is 0 Å². The number of hydrogen-bond acceptors (Lipinski definition) is 3. The molecule has 2 bridgehead atoms. The molecule has 4 nitrogen and oxygen atoms in total. The second kappa shape index (κ2) is 2.83. The monoisotopic (exact) mass is 231 g/mol. The molecule has 0 aromatic carbocycles. The van der Waals surface area contributed by atoms with Gasteiger partial charge in [0, 0.05) is 6.42 Å². The molecule has 0 aromatic rings. The lowest BCUT2D eigenvalue weighted by Gasteiger charge is -2.42. The smallest absolute Gasteiger partial charge is 0.263 e. The molecule has 2 atom stereocenters. The number of hydrogen-bond donors (Lipinski definition) is 1. The minimum Gasteiger partial charge on any atom is -0.313 e. The summed E-state index contributed by atoms with van der Waals surface area (Å²) in [5, 5.41) is 0. The van der Waals surface area contributed by atoms with Crippen molar-refractivity contribution in [3.8, 4) is 0 Å². The highest BCUT2D eigenvalue weighted by molar-refractivity contribution is 7.85. The van der Waals surface area contributed by atoms with E-state index in [1.807, 2.05) is 13.8 Å². The maximum absolute atomic E-state index is 11.8. The van der Waals surface area contributed by atoms with Gasteiger partial charge in [-0.15, -0.1) is 0 Å². The van der Waals surface area contributed by atoms with E-state index in [2.05, 4.69) is 0 Å². The predicted octanol–water partition coefficient (Wildman–Crippen LogP) is 1.08. The molecule has 2 fully saturated rings. The average molecular weight is 231 g/mol. The Bertz CT molecular complexity index is 409. The quantitative estimate of drug-likeness (QED) is 0.570. The van der Waals surface area contributed by atoms with Crippen molar-refractivity contribution in [2.75, 3.05) is 5.75 Å². The van der Waals surface area contributed by atoms with Crippen molar-refractivity contribution in [2.24, 2.45) is 16.7 Å². The van der Waals surface area contributed by atoms with Gasteiger partial charge in [-0.1, -0.05) is 25.2 Å². The minimum absolute atomic E-state index is 0.0404. The summed E-state index contributed by atoms with van der Waals surface area (Å²) in [6.45, 7) is 3.83. The largest absolute Gasteiger partial charge is 0.313 e. The molecular formula is C10H15O4S-. The van der Waals surface area contributed by atoms with Crippen LogP contribution in [0.4, 0.5) is 0 Å². The van der Waals surface area contributed by atoms with Gasteiger partial charge in [-0.2, -0.15) is 14.8 Å². The highest BCUT2D eigenvalue weighted by atomic mass is 32.2. The van der Waals surface area contributed by atoms with E-state index >= 15 is 0 Å². The van der Waals surface area contributed by atoms with Crippen LogP contribution in [0.25, 0.3) is 0 Å². The first-order chi connectivity index (χ1) is 6.69. The topological polar surface area (TPSA) is 71.4 Å². The van der Waals surface area contributed by atoms with Crippen molar-refractivity contribution in [1.29, 1.82) is 0 Å². The number of ketones is 1. The van der Waals surface area contributed by atoms with Gasteiger partial charge in [0.15, 0.2) is 0 Å². The van der Waals surface area contributed by atoms with E-state index in [1.54, 1.807) is 6.42 Å². The molecule has 86 valence electrons. The second-order valence-corrected chi connectivity index (χ2v) is 6.64. The fourth-order valence-corrected chi connectivity index (χ4v) is 4.32. The van der Waals surface area contributed by atoms with Gasteiger partial charge in [-0.3, -0.25) is 4.55 Å². The Balaban J connectivity index is 2.45. The normalized spacial score (nSPS) is 38.6. The first-order valence-electron chi connectivity index (χ1n) is 5.02. The third-order valence-electron chi connectivity index (χ3n) is 4.26. The summed E-state index contributed by atoms with van der Waals surface area (Å²) in [7, 11) is -4.11. The summed E-state index contributed by atoms with van der Waals surface area (Å²) in [6.07, 6.45) is 3.00. The van der Waals surface area contributed by atoms with Crippen LogP contribution in [-0.4, -0.2) is 24.5 Å². The van der Waals surface area contributed by atoms with Gasteiger partial charge in [-0.05, 0) is 5.41 Å². The van der Waals surface area contributed by atoms with E-state index in [-0.39, 0.29) is 17.1 Å². The molecule has 2 aliphatic rings. The van der Waals surface area contributed by atoms with Crippen LogP contribution in [-0.2, 0) is 14.9 Å². The van der Waals surface area contributed by atoms with Crippen molar-refractivity contribution in [1.82, 2.24) is 0 Å². The third-order valence-corrected chi connectivity index (χ3v) is 5.08. The molecule has 2 saturated carbocycles. The maximum atomic E-state index is 11.8. The van der Waals surface area contributed by atoms with Crippen molar-refractivity contribution in [3.05, 3.63) is 6.42 Å². The molecule has 0 saturated heterocycles. The lowest BCUT2D eigenvalue weighted by atomic mass is 9.70. The van der Waals surface area contributed by atoms with Crippen molar-refractivity contribution < 1.29 is 17.8 Å². The molecule has 15 heavy (non-hydrogen) atoms. The molecule has 5 heteroatoms. The summed E-state index contributed by atoms with van der Waals surface area (Å²) in [5.41, 5.74) is -1.30. The van der Waals surface area contributed by atoms with Crippen LogP contribution < -0.4 is 0 Å². The van der Waals surface area contributed by atoms with Gasteiger partial charge in [0.1, 0.15) is 5.78 Å². The molecule has 0 radical (unpaired) electrons. The van der Waals surface area contributed by atoms with Gasteiger partial charge in [0.2, 0.25) is 0 Å². The Labute approximate surface area is 89.8 Å². The molecule has 2 rings (SSSR count). The average Bonchev–Trinajstić information content (AvgIpc) is 2.34. The van der Waals surface area contributed by atoms with Crippen LogP contribution in [0.2, 0.25) is 0 Å². The van der Waals surface area contributed by atoms with E-state index in [9.17, 15) is 13.2 Å². The molecule has 2 unspecified atom stereocenters. The van der Waals surface area contributed by atoms with Gasteiger partial charge in [0.05, 0.1) is 5.75 Å². The van der Waals surface area contributed by atoms with E-state index < -0.39 is 21.3 Å². The summed E-state index contributed by atoms with van der Waals surface area (Å²) < 4.78 is 30.9. The Morgan fingerprint density at radius 1 is 1.53 bits per heavy atom. The van der Waals surface area contributed by atoms with Crippen LogP contribution in [0.5, 0.6) is 0 Å². The van der Waals surface area contributed by atoms with E-state index in [0.29, 0.717) is 6.42 Å². The first-order valence-corrected chi connectivity index (χ1v) is 6.63. The van der Waals surface area contributed by atoms with Crippen molar-refractivity contribution >= 4 is 15.9 Å². The third kappa shape index (κ3) is 1.36. The fraction of sp³-hybridized carbons (Fsp3) is 0.800. The van der Waals surface area contributed by atoms with Crippen LogP contribution in [0.15, 0.2) is 0 Å². The highest BCUT2D eigenvalue weighted by Crippen LogP contribution is 2.63. The van der Waals surface area contributed by atoms with Gasteiger partial charge >= 0.3 is 0 Å². The van der Waals surface area contributed by atoms with Crippen LogP contribution in [0.3, 0.4) is 0 Å². The Morgan fingerprint density at radius 2 is 2.13 bits per heavy atom. The molecule has 0 heterocycles. The molecule has 0 spiro atoms. The first kappa shape index (κ1) is 11.1. The zero-order chi connectivity index (χ0) is 11.5. The van der Waals surface area contributed by atoms with Crippen molar-refractivity contribution in [3.63, 3.8) is 0 Å². The molecule has 1 N–H and O–H groups in total. The summed E-state index contributed by atoms with van der Waals surface area (Å²) in [5.74, 6) is -0.268. The summed E-state index contributed by atoms with van der Waals surface area (Å²) in [4.78, 5) is 11.8. The molecule has 0 amide bonds. The highest BCUT2D eigenvalue weighted by Gasteiger charge is 2.58. The molecule has 0 aliphatic heterocycles. The molecule has 2 aliphatic carbocycles. The van der Waals surface area contributed by atoms with Crippen LogP contribution in [0.1, 0.15) is 26.7 Å². The Morgan fingerprint density at radius 3 is 2.47 bits per heavy atom. The Hall–Kier alpha value is -0.420. The number of fused-ring (bicyclic) bond motifs is 2. The van der Waals surface area contributed by atoms with Gasteiger partial charge in [0.25, 0.3) is 10.1 Å². The van der Waals surface area contributed by atoms with Crippen LogP contribution in [0, 0.1) is 23.2 Å². The lowest BCUT2D eigenvalue weighted by Crippen LogP contribution is -2.42. The zero-order valence-corrected chi connectivity index (χ0v) is 9.67. The Kier molecular flexibility index (Phi) is 2.09. The van der Waals surface area contributed by atoms with Crippen LogP contribution >= 0.6 is 0 Å². The van der Waals surface area contributed by atoms with E-state index in [0.717, 1.165) is 6.42 Å². The SMILES string of the molecule is CC1(C)C2C[CH-]C1(CS(=O)(=O)O)C(=O)C2. The minimum atomic E-state index is -4.11. The van der Waals surface area contributed by atoms with E-state index in [1.165, 1.54) is 0 Å². The predicted molar refractivity (Wildman–Crippen MR) is 54.7 cm³/mol. The number of Topliss-reactive ketones (excluding diaryl/α,β-unsaturated/α-hetero) is 1. The maximum Gasteiger partial charge on any atom is 0.263 e. The molecular weight excluding hydrogens is 216 g/mol. The van der Waals surface area contributed by atoms with E-state index in [4.69, 9.17) is 4.55 Å². The number of rotatable bonds is 2. The second-order valence-electron chi connectivity index (χ2n) is 5.18. The number of carbonyl (C=O) groups excluding carboxylic acids is 1. The zero-order valence-electron chi connectivity index (χ0n) is 8.86. The lowest BCUT2D eigenvalue weighted by molar-refractivity contribution is -0.125. The van der Waals surface area contributed by atoms with Crippen molar-refractivity contribution in [2.45, 2.75) is 26.7 Å². The standard InChI is InChI=1S/C10H15O4S/c1-9(2)7-3-4-10(9,8(11)5-7)6-15(12,13)14/h4,7H,3,5-6H2,1-2H3,(H,12,13,14)/q-1. The van der Waals surface area contributed by atoms with Gasteiger partial charge < -0.3 is 11.2 Å². The summed E-state index contributed by atoms with van der Waals surface area (Å²) >= 11 is 0. The molecule has 0 aromatic heterocycles. The fourth-order valence-electron chi connectivity index (χ4n) is 3.10. The number of carbonyl (C=O) groups is 1. The summed E-state index contributed by atoms with van der Waals surface area (Å²) in [6, 6.07) is 0.